The Morgan fingerprint density at radius 1 is 1.10 bits per heavy atom. The molecule has 2 aromatic carbocycles. The number of ether oxygens (including phenoxy) is 1. The molecule has 7 heteroatoms. The van der Waals surface area contributed by atoms with Crippen LogP contribution in [0.25, 0.3) is 11.1 Å². The molecule has 1 amide bonds. The largest absolute Gasteiger partial charge is 0.496 e. The second-order valence-corrected chi connectivity index (χ2v) is 8.95. The zero-order valence-corrected chi connectivity index (χ0v) is 18.5. The van der Waals surface area contributed by atoms with Gasteiger partial charge in [0.2, 0.25) is 0 Å². The minimum absolute atomic E-state index is 0.158. The molecule has 0 bridgehead atoms. The smallest absolute Gasteiger partial charge is 0.290 e. The highest BCUT2D eigenvalue weighted by Crippen LogP contribution is 2.35. The van der Waals surface area contributed by atoms with Crippen LogP contribution < -0.4 is 10.1 Å². The van der Waals surface area contributed by atoms with Crippen LogP contribution in [0.15, 0.2) is 63.9 Å². The van der Waals surface area contributed by atoms with Crippen LogP contribution in [-0.4, -0.2) is 48.3 Å². The zero-order chi connectivity index (χ0) is 21.8. The van der Waals surface area contributed by atoms with Crippen molar-refractivity contribution in [1.82, 2.24) is 10.2 Å². The van der Waals surface area contributed by atoms with Crippen molar-refractivity contribution >= 4 is 16.7 Å². The molecule has 1 aromatic heterocycles. The topological polar surface area (TPSA) is 71.8 Å². The van der Waals surface area contributed by atoms with Crippen LogP contribution in [0.4, 0.5) is 0 Å². The standard InChI is InChI=1S/C24H26N2O4S/c1-17-7-9-19(10-8-17)31(28)16-18-15-21(20-5-3-4-6-22(20)29-2)23(30-18)24(27)26-13-11-25-12-14-26/h3-10,15,25H,11-14,16H2,1-2H3. The number of piperazine rings is 1. The fourth-order valence-corrected chi connectivity index (χ4v) is 4.66. The highest BCUT2D eigenvalue weighted by molar-refractivity contribution is 7.84. The van der Waals surface area contributed by atoms with Crippen molar-refractivity contribution in [3.8, 4) is 16.9 Å². The molecule has 6 nitrogen and oxygen atoms in total. The van der Waals surface area contributed by atoms with Gasteiger partial charge in [0, 0.05) is 42.2 Å². The Morgan fingerprint density at radius 2 is 1.81 bits per heavy atom. The number of carbonyl (C=O) groups is 1. The second-order valence-electron chi connectivity index (χ2n) is 7.50. The molecule has 0 spiro atoms. The predicted octanol–water partition coefficient (Wildman–Crippen LogP) is 3.62. The van der Waals surface area contributed by atoms with Gasteiger partial charge in [-0.25, -0.2) is 0 Å². The number of hydrogen-bond acceptors (Lipinski definition) is 5. The van der Waals surface area contributed by atoms with Crippen molar-refractivity contribution in [3.63, 3.8) is 0 Å². The Morgan fingerprint density at radius 3 is 2.52 bits per heavy atom. The van der Waals surface area contributed by atoms with Gasteiger partial charge in [0.15, 0.2) is 5.76 Å². The van der Waals surface area contributed by atoms with E-state index < -0.39 is 10.8 Å². The van der Waals surface area contributed by atoms with E-state index in [1.165, 1.54) is 0 Å². The summed E-state index contributed by atoms with van der Waals surface area (Å²) < 4.78 is 24.5. The first-order valence-electron chi connectivity index (χ1n) is 10.3. The Balaban J connectivity index is 1.70. The van der Waals surface area contributed by atoms with Crippen LogP contribution in [-0.2, 0) is 16.6 Å². The van der Waals surface area contributed by atoms with Crippen molar-refractivity contribution in [2.75, 3.05) is 33.3 Å². The predicted molar refractivity (Wildman–Crippen MR) is 121 cm³/mol. The summed E-state index contributed by atoms with van der Waals surface area (Å²) in [7, 11) is 0.322. The highest BCUT2D eigenvalue weighted by Gasteiger charge is 2.27. The number of methoxy groups -OCH3 is 1. The van der Waals surface area contributed by atoms with Gasteiger partial charge in [0.25, 0.3) is 5.91 Å². The summed E-state index contributed by atoms with van der Waals surface area (Å²) in [6, 6.07) is 17.0. The molecule has 4 rings (SSSR count). The lowest BCUT2D eigenvalue weighted by Crippen LogP contribution is -2.46. The van der Waals surface area contributed by atoms with E-state index in [9.17, 15) is 9.00 Å². The molecule has 0 radical (unpaired) electrons. The number of carbonyl (C=O) groups excluding carboxylic acids is 1. The first-order valence-corrected chi connectivity index (χ1v) is 11.6. The van der Waals surface area contributed by atoms with Gasteiger partial charge in [-0.15, -0.1) is 0 Å². The lowest BCUT2D eigenvalue weighted by atomic mass is 10.0. The van der Waals surface area contributed by atoms with Gasteiger partial charge in [0.1, 0.15) is 11.5 Å². The Bertz CT molecular complexity index is 1090. The minimum Gasteiger partial charge on any atom is -0.496 e. The van der Waals surface area contributed by atoms with Crippen LogP contribution in [0, 0.1) is 6.92 Å². The van der Waals surface area contributed by atoms with Crippen molar-refractivity contribution in [1.29, 1.82) is 0 Å². The summed E-state index contributed by atoms with van der Waals surface area (Å²) in [5, 5.41) is 3.25. The van der Waals surface area contributed by atoms with Crippen molar-refractivity contribution in [3.05, 3.63) is 71.7 Å². The lowest BCUT2D eigenvalue weighted by molar-refractivity contribution is 0.0703. The zero-order valence-electron chi connectivity index (χ0n) is 17.7. The molecular formula is C24H26N2O4S. The summed E-state index contributed by atoms with van der Waals surface area (Å²) in [4.78, 5) is 15.8. The molecule has 1 fully saturated rings. The lowest BCUT2D eigenvalue weighted by Gasteiger charge is -2.27. The number of furan rings is 1. The van der Waals surface area contributed by atoms with Gasteiger partial charge in [0.05, 0.1) is 23.7 Å². The molecule has 3 aromatic rings. The summed E-state index contributed by atoms with van der Waals surface area (Å²) >= 11 is 0. The van der Waals surface area contributed by atoms with Gasteiger partial charge < -0.3 is 19.4 Å². The van der Waals surface area contributed by atoms with Crippen molar-refractivity contribution in [2.45, 2.75) is 17.6 Å². The third-order valence-corrected chi connectivity index (χ3v) is 6.68. The summed E-state index contributed by atoms with van der Waals surface area (Å²) in [5.41, 5.74) is 2.55. The maximum atomic E-state index is 13.3. The SMILES string of the molecule is COc1ccccc1-c1cc(CS(=O)c2ccc(C)cc2)oc1C(=O)N1CCNCC1. The van der Waals surface area contributed by atoms with Crippen molar-refractivity contribution in [2.24, 2.45) is 0 Å². The Kier molecular flexibility index (Phi) is 6.53. The third kappa shape index (κ3) is 4.73. The average Bonchev–Trinajstić information content (AvgIpc) is 3.23. The summed E-state index contributed by atoms with van der Waals surface area (Å²) in [6.07, 6.45) is 0. The maximum Gasteiger partial charge on any atom is 0.290 e. The normalized spacial score (nSPS) is 15.0. The van der Waals surface area contributed by atoms with E-state index in [2.05, 4.69) is 5.32 Å². The van der Waals surface area contributed by atoms with E-state index in [1.807, 2.05) is 61.5 Å². The van der Waals surface area contributed by atoms with E-state index >= 15 is 0 Å². The number of amides is 1. The minimum atomic E-state index is -1.28. The van der Waals surface area contributed by atoms with Crippen LogP contribution in [0.5, 0.6) is 5.75 Å². The molecular weight excluding hydrogens is 412 g/mol. The van der Waals surface area contributed by atoms with E-state index in [0.717, 1.165) is 29.1 Å². The van der Waals surface area contributed by atoms with Crippen LogP contribution in [0.3, 0.4) is 0 Å². The van der Waals surface area contributed by atoms with Crippen LogP contribution >= 0.6 is 0 Å². The van der Waals surface area contributed by atoms with E-state index in [4.69, 9.17) is 9.15 Å². The third-order valence-electron chi connectivity index (χ3n) is 5.34. The number of nitrogens with one attached hydrogen (secondary N) is 1. The first-order chi connectivity index (χ1) is 15.1. The van der Waals surface area contributed by atoms with Gasteiger partial charge >= 0.3 is 0 Å². The molecule has 1 atom stereocenters. The maximum absolute atomic E-state index is 13.3. The molecule has 1 aliphatic heterocycles. The van der Waals surface area contributed by atoms with E-state index in [0.29, 0.717) is 30.2 Å². The Labute approximate surface area is 184 Å². The molecule has 1 N–H and O–H groups in total. The summed E-state index contributed by atoms with van der Waals surface area (Å²) in [6.45, 7) is 4.74. The van der Waals surface area contributed by atoms with E-state index in [1.54, 1.807) is 12.0 Å². The quantitative estimate of drug-likeness (QED) is 0.637. The Hall–Kier alpha value is -2.90. The number of rotatable bonds is 6. The highest BCUT2D eigenvalue weighted by atomic mass is 32.2. The van der Waals surface area contributed by atoms with Gasteiger partial charge in [-0.1, -0.05) is 35.9 Å². The fraction of sp³-hybridized carbons (Fsp3) is 0.292. The number of benzene rings is 2. The molecule has 2 heterocycles. The molecule has 31 heavy (non-hydrogen) atoms. The molecule has 0 aliphatic carbocycles. The monoisotopic (exact) mass is 438 g/mol. The average molecular weight is 439 g/mol. The molecule has 1 aliphatic rings. The molecule has 0 saturated carbocycles. The number of nitrogens with zero attached hydrogens (tertiary/aromatic N) is 1. The molecule has 1 unspecified atom stereocenters. The summed E-state index contributed by atoms with van der Waals surface area (Å²) in [5.74, 6) is 1.47. The number of para-hydroxylation sites is 1. The van der Waals surface area contributed by atoms with Gasteiger partial charge in [-0.05, 0) is 31.2 Å². The molecule has 1 saturated heterocycles. The number of hydrogen-bond donors (Lipinski definition) is 1. The van der Waals surface area contributed by atoms with Crippen LogP contribution in [0.2, 0.25) is 0 Å². The van der Waals surface area contributed by atoms with E-state index in [-0.39, 0.29) is 17.4 Å². The number of aryl methyl sites for hydroxylation is 1. The fourth-order valence-electron chi connectivity index (χ4n) is 3.65. The molecule has 162 valence electrons. The van der Waals surface area contributed by atoms with Gasteiger partial charge in [-0.2, -0.15) is 0 Å². The van der Waals surface area contributed by atoms with Crippen LogP contribution in [0.1, 0.15) is 21.9 Å². The van der Waals surface area contributed by atoms with Crippen molar-refractivity contribution < 1.29 is 18.2 Å². The van der Waals surface area contributed by atoms with Gasteiger partial charge in [-0.3, -0.25) is 9.00 Å². The second kappa shape index (κ2) is 9.49. The first kappa shape index (κ1) is 21.3.